The van der Waals surface area contributed by atoms with Crippen LogP contribution in [0.4, 0.5) is 0 Å². The zero-order valence-electron chi connectivity index (χ0n) is 10.5. The minimum absolute atomic E-state index is 0.0731. The molecule has 0 spiro atoms. The maximum Gasteiger partial charge on any atom is 0.259 e. The first-order chi connectivity index (χ1) is 7.95. The first-order valence-corrected chi connectivity index (χ1v) is 7.19. The second kappa shape index (κ2) is 6.13. The summed E-state index contributed by atoms with van der Waals surface area (Å²) in [4.78, 5) is 3.86. The number of imidazole rings is 1. The first kappa shape index (κ1) is 14.1. The molecule has 2 N–H and O–H groups in total. The Bertz CT molecular complexity index is 439. The van der Waals surface area contributed by atoms with Gasteiger partial charge in [0.25, 0.3) is 10.0 Å². The summed E-state index contributed by atoms with van der Waals surface area (Å²) >= 11 is 0. The zero-order valence-corrected chi connectivity index (χ0v) is 11.3. The number of aromatic nitrogens is 2. The molecule has 7 heteroatoms. The number of sulfonamides is 1. The van der Waals surface area contributed by atoms with Crippen LogP contribution in [0.2, 0.25) is 0 Å². The summed E-state index contributed by atoms with van der Waals surface area (Å²) < 4.78 is 27.8. The monoisotopic (exact) mass is 260 g/mol. The molecule has 0 saturated heterocycles. The fraction of sp³-hybridized carbons (Fsp3) is 0.700. The third-order valence-corrected chi connectivity index (χ3v) is 3.57. The van der Waals surface area contributed by atoms with Gasteiger partial charge in [-0.3, -0.25) is 0 Å². The van der Waals surface area contributed by atoms with Gasteiger partial charge in [-0.05, 0) is 6.92 Å². The summed E-state index contributed by atoms with van der Waals surface area (Å²) in [6.07, 6.45) is 3.04. The van der Waals surface area contributed by atoms with Crippen molar-refractivity contribution in [3.05, 3.63) is 12.5 Å². The van der Waals surface area contributed by atoms with Crippen molar-refractivity contribution in [2.45, 2.75) is 38.4 Å². The summed E-state index contributed by atoms with van der Waals surface area (Å²) in [5.74, 6) is 0. The van der Waals surface area contributed by atoms with Gasteiger partial charge < -0.3 is 9.88 Å². The lowest BCUT2D eigenvalue weighted by Gasteiger charge is -2.08. The molecular weight excluding hydrogens is 240 g/mol. The predicted octanol–water partition coefficient (Wildman–Crippen LogP) is 0.179. The quantitative estimate of drug-likeness (QED) is 0.686. The lowest BCUT2D eigenvalue weighted by Crippen LogP contribution is -2.34. The van der Waals surface area contributed by atoms with Crippen molar-refractivity contribution in [3.63, 3.8) is 0 Å². The van der Waals surface area contributed by atoms with Crippen LogP contribution in [0.25, 0.3) is 0 Å². The maximum absolute atomic E-state index is 11.8. The zero-order chi connectivity index (χ0) is 12.9. The van der Waals surface area contributed by atoms with Crippen molar-refractivity contribution in [2.24, 2.45) is 0 Å². The van der Waals surface area contributed by atoms with E-state index in [0.717, 1.165) is 0 Å². The Balaban J connectivity index is 2.51. The lowest BCUT2D eigenvalue weighted by molar-refractivity contribution is 0.557. The van der Waals surface area contributed by atoms with E-state index >= 15 is 0 Å². The van der Waals surface area contributed by atoms with E-state index in [9.17, 15) is 8.42 Å². The van der Waals surface area contributed by atoms with Crippen LogP contribution in [0.3, 0.4) is 0 Å². The first-order valence-electron chi connectivity index (χ1n) is 5.70. The third-order valence-electron chi connectivity index (χ3n) is 2.22. The highest BCUT2D eigenvalue weighted by Crippen LogP contribution is 2.04. The van der Waals surface area contributed by atoms with Gasteiger partial charge in [0.1, 0.15) is 0 Å². The molecule has 0 radical (unpaired) electrons. The summed E-state index contributed by atoms with van der Waals surface area (Å²) in [7, 11) is -3.47. The van der Waals surface area contributed by atoms with Crippen molar-refractivity contribution in [1.82, 2.24) is 19.6 Å². The molecule has 6 nitrogen and oxygen atoms in total. The maximum atomic E-state index is 11.8. The van der Waals surface area contributed by atoms with E-state index < -0.39 is 10.0 Å². The van der Waals surface area contributed by atoms with E-state index in [1.165, 1.54) is 12.5 Å². The molecule has 0 saturated carbocycles. The molecule has 1 rings (SSSR count). The Morgan fingerprint density at radius 3 is 2.65 bits per heavy atom. The Kier molecular flexibility index (Phi) is 5.10. The van der Waals surface area contributed by atoms with Crippen LogP contribution in [0, 0.1) is 0 Å². The highest BCUT2D eigenvalue weighted by Gasteiger charge is 2.16. The van der Waals surface area contributed by atoms with Gasteiger partial charge in [0.05, 0.1) is 6.33 Å². The van der Waals surface area contributed by atoms with Gasteiger partial charge >= 0.3 is 0 Å². The van der Waals surface area contributed by atoms with Crippen LogP contribution in [-0.4, -0.2) is 37.1 Å². The molecule has 1 aromatic heterocycles. The molecule has 0 atom stereocenters. The normalized spacial score (nSPS) is 12.2. The summed E-state index contributed by atoms with van der Waals surface area (Å²) in [6, 6.07) is 0.346. The van der Waals surface area contributed by atoms with Gasteiger partial charge in [-0.1, -0.05) is 13.8 Å². The third kappa shape index (κ3) is 4.45. The predicted molar refractivity (Wildman–Crippen MR) is 66.2 cm³/mol. The second-order valence-corrected chi connectivity index (χ2v) is 5.76. The van der Waals surface area contributed by atoms with E-state index in [1.807, 2.05) is 20.8 Å². The van der Waals surface area contributed by atoms with Crippen molar-refractivity contribution in [1.29, 1.82) is 0 Å². The molecule has 0 bridgehead atoms. The van der Waals surface area contributed by atoms with Gasteiger partial charge in [-0.25, -0.2) is 18.1 Å². The number of hydrogen-bond donors (Lipinski definition) is 2. The highest BCUT2D eigenvalue weighted by molar-refractivity contribution is 7.89. The smallest absolute Gasteiger partial charge is 0.259 e. The van der Waals surface area contributed by atoms with Crippen LogP contribution in [0.5, 0.6) is 0 Å². The molecule has 0 aliphatic heterocycles. The fourth-order valence-corrected chi connectivity index (χ4v) is 2.25. The molecule has 0 unspecified atom stereocenters. The molecule has 0 amide bonds. The number of nitrogens with zero attached hydrogens (tertiary/aromatic N) is 2. The lowest BCUT2D eigenvalue weighted by atomic mass is 10.4. The molecule has 0 fully saturated rings. The minimum atomic E-state index is -3.47. The number of rotatable bonds is 7. The average molecular weight is 260 g/mol. The van der Waals surface area contributed by atoms with E-state index in [1.54, 1.807) is 4.57 Å². The van der Waals surface area contributed by atoms with Crippen LogP contribution in [-0.2, 0) is 16.6 Å². The number of hydrogen-bond acceptors (Lipinski definition) is 4. The van der Waals surface area contributed by atoms with Crippen LogP contribution in [0.1, 0.15) is 20.8 Å². The topological polar surface area (TPSA) is 76.0 Å². The van der Waals surface area contributed by atoms with E-state index in [2.05, 4.69) is 15.0 Å². The number of aryl methyl sites for hydroxylation is 1. The molecule has 0 aliphatic carbocycles. The molecule has 98 valence electrons. The molecule has 0 aromatic carbocycles. The van der Waals surface area contributed by atoms with Gasteiger partial charge in [-0.15, -0.1) is 0 Å². The van der Waals surface area contributed by atoms with Crippen molar-refractivity contribution < 1.29 is 8.42 Å². The van der Waals surface area contributed by atoms with E-state index in [-0.39, 0.29) is 5.03 Å². The second-order valence-electron chi connectivity index (χ2n) is 4.05. The van der Waals surface area contributed by atoms with Gasteiger partial charge in [0.15, 0.2) is 5.03 Å². The summed E-state index contributed by atoms with van der Waals surface area (Å²) in [6.45, 7) is 7.62. The summed E-state index contributed by atoms with van der Waals surface area (Å²) in [5.41, 5.74) is 0. The van der Waals surface area contributed by atoms with Crippen molar-refractivity contribution in [2.75, 3.05) is 13.1 Å². The molecular formula is C10H20N4O2S. The SMILES string of the molecule is CCn1cnc(S(=O)(=O)NCCNC(C)C)c1. The minimum Gasteiger partial charge on any atom is -0.336 e. The highest BCUT2D eigenvalue weighted by atomic mass is 32.2. The van der Waals surface area contributed by atoms with Crippen LogP contribution in [0.15, 0.2) is 17.6 Å². The number of nitrogens with one attached hydrogen (secondary N) is 2. The Labute approximate surface area is 102 Å². The molecule has 1 heterocycles. The molecule has 1 aromatic rings. The standard InChI is InChI=1S/C10H20N4O2S/c1-4-14-7-10(12-8-14)17(15,16)13-6-5-11-9(2)3/h7-9,11,13H,4-6H2,1-3H3. The van der Waals surface area contributed by atoms with Gasteiger partial charge in [0.2, 0.25) is 0 Å². The Morgan fingerprint density at radius 1 is 1.41 bits per heavy atom. The van der Waals surface area contributed by atoms with E-state index in [4.69, 9.17) is 0 Å². The fourth-order valence-electron chi connectivity index (χ4n) is 1.27. The van der Waals surface area contributed by atoms with Crippen LogP contribution < -0.4 is 10.0 Å². The Hall–Kier alpha value is -0.920. The van der Waals surface area contributed by atoms with Crippen LogP contribution >= 0.6 is 0 Å². The van der Waals surface area contributed by atoms with Gasteiger partial charge in [-0.2, -0.15) is 0 Å². The van der Waals surface area contributed by atoms with Gasteiger partial charge in [0, 0.05) is 31.9 Å². The molecule has 0 aliphatic rings. The van der Waals surface area contributed by atoms with Crippen molar-refractivity contribution >= 4 is 10.0 Å². The Morgan fingerprint density at radius 2 is 2.12 bits per heavy atom. The average Bonchev–Trinajstić information content (AvgIpc) is 2.73. The molecule has 17 heavy (non-hydrogen) atoms. The largest absolute Gasteiger partial charge is 0.336 e. The summed E-state index contributed by atoms with van der Waals surface area (Å²) in [5, 5.41) is 3.21. The van der Waals surface area contributed by atoms with E-state index in [0.29, 0.717) is 25.7 Å². The van der Waals surface area contributed by atoms with Crippen molar-refractivity contribution in [3.8, 4) is 0 Å².